The Bertz CT molecular complexity index is 988. The Balaban J connectivity index is 1.72. The Morgan fingerprint density at radius 3 is 2.79 bits per heavy atom. The highest BCUT2D eigenvalue weighted by molar-refractivity contribution is 6.01. The van der Waals surface area contributed by atoms with E-state index >= 15 is 0 Å². The molecule has 8 nitrogen and oxygen atoms in total. The standard InChI is InChI=1S/C21H24N4O4/c1-13(2)12-29-21(28)25-8-6-15-11-16(4-5-18(15)25)19(26)23-17-10-14(3)24(9-7-22)20(17)27/h4-6,8,11,13-14,17H,9-10,12H2,1-3H3,(H,23,26). The summed E-state index contributed by atoms with van der Waals surface area (Å²) in [7, 11) is 0. The maximum Gasteiger partial charge on any atom is 0.418 e. The lowest BCUT2D eigenvalue weighted by Crippen LogP contribution is -2.41. The molecule has 0 bridgehead atoms. The van der Waals surface area contributed by atoms with Crippen molar-refractivity contribution in [2.24, 2.45) is 5.92 Å². The summed E-state index contributed by atoms with van der Waals surface area (Å²) in [6.45, 7) is 6.12. The molecule has 152 valence electrons. The van der Waals surface area contributed by atoms with Crippen LogP contribution in [0.1, 0.15) is 37.6 Å². The Hall–Kier alpha value is -3.34. The fraction of sp³-hybridized carbons (Fsp3) is 0.429. The smallest absolute Gasteiger partial charge is 0.418 e. The minimum absolute atomic E-state index is 0.0127. The lowest BCUT2D eigenvalue weighted by Gasteiger charge is -2.17. The van der Waals surface area contributed by atoms with E-state index in [0.717, 1.165) is 5.39 Å². The number of nitriles is 1. The van der Waals surface area contributed by atoms with Crippen LogP contribution in [0.5, 0.6) is 0 Å². The van der Waals surface area contributed by atoms with Crippen molar-refractivity contribution in [2.75, 3.05) is 13.2 Å². The molecule has 0 aliphatic carbocycles. The van der Waals surface area contributed by atoms with Crippen molar-refractivity contribution < 1.29 is 19.1 Å². The van der Waals surface area contributed by atoms with Crippen LogP contribution < -0.4 is 5.32 Å². The van der Waals surface area contributed by atoms with Gasteiger partial charge >= 0.3 is 6.09 Å². The number of carbonyl (C=O) groups excluding carboxylic acids is 3. The number of fused-ring (bicyclic) bond motifs is 1. The fourth-order valence-corrected chi connectivity index (χ4v) is 3.41. The number of amides is 2. The molecular formula is C21H24N4O4. The maximum absolute atomic E-state index is 12.6. The molecule has 2 heterocycles. The van der Waals surface area contributed by atoms with Crippen LogP contribution in [0.2, 0.25) is 0 Å². The summed E-state index contributed by atoms with van der Waals surface area (Å²) in [6.07, 6.45) is 1.61. The Labute approximate surface area is 169 Å². The van der Waals surface area contributed by atoms with Gasteiger partial charge in [0.15, 0.2) is 0 Å². The van der Waals surface area contributed by atoms with E-state index in [1.807, 2.05) is 26.8 Å². The monoisotopic (exact) mass is 396 g/mol. The van der Waals surface area contributed by atoms with E-state index < -0.39 is 12.1 Å². The molecule has 1 saturated heterocycles. The highest BCUT2D eigenvalue weighted by Gasteiger charge is 2.37. The number of ether oxygens (including phenoxy) is 1. The van der Waals surface area contributed by atoms with Crippen LogP contribution >= 0.6 is 0 Å². The van der Waals surface area contributed by atoms with Crippen molar-refractivity contribution in [2.45, 2.75) is 39.3 Å². The van der Waals surface area contributed by atoms with Crippen LogP contribution in [0.25, 0.3) is 10.9 Å². The molecule has 2 amide bonds. The number of hydrogen-bond donors (Lipinski definition) is 1. The molecule has 1 aliphatic rings. The number of benzene rings is 1. The van der Waals surface area contributed by atoms with Crippen LogP contribution in [0.4, 0.5) is 4.79 Å². The van der Waals surface area contributed by atoms with Gasteiger partial charge in [-0.3, -0.25) is 14.2 Å². The first kappa shape index (κ1) is 20.4. The van der Waals surface area contributed by atoms with Gasteiger partial charge in [0, 0.05) is 23.2 Å². The van der Waals surface area contributed by atoms with E-state index in [9.17, 15) is 14.4 Å². The van der Waals surface area contributed by atoms with Gasteiger partial charge in [0.25, 0.3) is 5.91 Å². The third-order valence-electron chi connectivity index (χ3n) is 4.93. The SMILES string of the molecule is CC(C)COC(=O)n1ccc2cc(C(=O)NC3CC(C)N(CC#N)C3=O)ccc21. The molecule has 1 aromatic carbocycles. The lowest BCUT2D eigenvalue weighted by atomic mass is 10.1. The summed E-state index contributed by atoms with van der Waals surface area (Å²) < 4.78 is 6.66. The zero-order valence-electron chi connectivity index (χ0n) is 16.7. The van der Waals surface area contributed by atoms with Crippen LogP contribution in [0.15, 0.2) is 30.5 Å². The zero-order valence-corrected chi connectivity index (χ0v) is 16.7. The summed E-state index contributed by atoms with van der Waals surface area (Å²) in [5.41, 5.74) is 1.03. The van der Waals surface area contributed by atoms with E-state index in [4.69, 9.17) is 10.00 Å². The topological polar surface area (TPSA) is 104 Å². The van der Waals surface area contributed by atoms with Crippen molar-refractivity contribution in [3.05, 3.63) is 36.0 Å². The Kier molecular flexibility index (Phi) is 5.87. The largest absolute Gasteiger partial charge is 0.449 e. The third kappa shape index (κ3) is 4.24. The summed E-state index contributed by atoms with van der Waals surface area (Å²) >= 11 is 0. The molecule has 0 saturated carbocycles. The van der Waals surface area contributed by atoms with Gasteiger partial charge in [-0.2, -0.15) is 5.26 Å². The first-order valence-electron chi connectivity index (χ1n) is 9.58. The fourth-order valence-electron chi connectivity index (χ4n) is 3.41. The van der Waals surface area contributed by atoms with Gasteiger partial charge in [-0.15, -0.1) is 0 Å². The number of aromatic nitrogens is 1. The van der Waals surface area contributed by atoms with Crippen molar-refractivity contribution in [1.82, 2.24) is 14.8 Å². The van der Waals surface area contributed by atoms with Gasteiger partial charge in [-0.25, -0.2) is 4.79 Å². The molecule has 1 aliphatic heterocycles. The quantitative estimate of drug-likeness (QED) is 0.782. The molecule has 2 unspecified atom stereocenters. The summed E-state index contributed by atoms with van der Waals surface area (Å²) in [5, 5.41) is 12.3. The lowest BCUT2D eigenvalue weighted by molar-refractivity contribution is -0.129. The molecule has 2 aromatic rings. The molecule has 8 heteroatoms. The average Bonchev–Trinajstić information content (AvgIpc) is 3.22. The van der Waals surface area contributed by atoms with Crippen molar-refractivity contribution in [3.8, 4) is 6.07 Å². The van der Waals surface area contributed by atoms with E-state index in [0.29, 0.717) is 24.1 Å². The summed E-state index contributed by atoms with van der Waals surface area (Å²) in [5.74, 6) is -0.375. The van der Waals surface area contributed by atoms with Crippen LogP contribution in [0.3, 0.4) is 0 Å². The number of likely N-dealkylation sites (tertiary alicyclic amines) is 1. The zero-order chi connectivity index (χ0) is 21.1. The van der Waals surface area contributed by atoms with Gasteiger partial charge in [0.2, 0.25) is 5.91 Å². The van der Waals surface area contributed by atoms with E-state index in [2.05, 4.69) is 5.32 Å². The van der Waals surface area contributed by atoms with Crippen molar-refractivity contribution in [1.29, 1.82) is 5.26 Å². The van der Waals surface area contributed by atoms with Crippen molar-refractivity contribution >= 4 is 28.8 Å². The van der Waals surface area contributed by atoms with Crippen LogP contribution in [-0.2, 0) is 9.53 Å². The van der Waals surface area contributed by atoms with Crippen LogP contribution in [-0.4, -0.2) is 52.6 Å². The number of rotatable bonds is 5. The molecule has 3 rings (SSSR count). The van der Waals surface area contributed by atoms with Gasteiger partial charge in [0.1, 0.15) is 12.6 Å². The minimum atomic E-state index is -0.642. The number of hydrogen-bond acceptors (Lipinski definition) is 5. The molecule has 0 radical (unpaired) electrons. The van der Waals surface area contributed by atoms with Gasteiger partial charge in [0.05, 0.1) is 18.2 Å². The van der Waals surface area contributed by atoms with E-state index in [1.54, 1.807) is 30.5 Å². The average molecular weight is 396 g/mol. The minimum Gasteiger partial charge on any atom is -0.449 e. The molecule has 1 N–H and O–H groups in total. The molecule has 2 atom stereocenters. The first-order chi connectivity index (χ1) is 13.8. The van der Waals surface area contributed by atoms with Gasteiger partial charge in [-0.05, 0) is 43.5 Å². The predicted octanol–water partition coefficient (Wildman–Crippen LogP) is 2.52. The highest BCUT2D eigenvalue weighted by atomic mass is 16.5. The second-order valence-corrected chi connectivity index (χ2v) is 7.67. The summed E-state index contributed by atoms with van der Waals surface area (Å²) in [6, 6.07) is 7.94. The van der Waals surface area contributed by atoms with E-state index in [-0.39, 0.29) is 30.3 Å². The van der Waals surface area contributed by atoms with Crippen LogP contribution in [0, 0.1) is 17.2 Å². The summed E-state index contributed by atoms with van der Waals surface area (Å²) in [4.78, 5) is 38.7. The molecule has 1 fully saturated rings. The van der Waals surface area contributed by atoms with Gasteiger partial charge < -0.3 is 15.0 Å². The molecule has 29 heavy (non-hydrogen) atoms. The number of nitrogens with zero attached hydrogens (tertiary/aromatic N) is 3. The molecular weight excluding hydrogens is 372 g/mol. The number of carbonyl (C=O) groups is 3. The second-order valence-electron chi connectivity index (χ2n) is 7.67. The van der Waals surface area contributed by atoms with Crippen molar-refractivity contribution in [3.63, 3.8) is 0 Å². The maximum atomic E-state index is 12.6. The van der Waals surface area contributed by atoms with E-state index in [1.165, 1.54) is 9.47 Å². The Morgan fingerprint density at radius 2 is 2.10 bits per heavy atom. The second kappa shape index (κ2) is 8.35. The highest BCUT2D eigenvalue weighted by Crippen LogP contribution is 2.21. The number of nitrogens with one attached hydrogen (secondary N) is 1. The first-order valence-corrected chi connectivity index (χ1v) is 9.58. The van der Waals surface area contributed by atoms with Gasteiger partial charge in [-0.1, -0.05) is 13.8 Å². The molecule has 1 aromatic heterocycles. The third-order valence-corrected chi connectivity index (χ3v) is 4.93. The predicted molar refractivity (Wildman–Crippen MR) is 106 cm³/mol. The molecule has 0 spiro atoms. The normalized spacial score (nSPS) is 18.9. The Morgan fingerprint density at radius 1 is 1.34 bits per heavy atom.